The molecule has 11 nitrogen and oxygen atoms in total. The van der Waals surface area contributed by atoms with E-state index in [1.165, 1.54) is 0 Å². The summed E-state index contributed by atoms with van der Waals surface area (Å²) in [5.41, 5.74) is 12.2. The van der Waals surface area contributed by atoms with Crippen molar-refractivity contribution in [1.82, 2.24) is 29.5 Å². The molecule has 11 heteroatoms. The number of nitrogens with two attached hydrogens (primary N) is 1. The Labute approximate surface area is 257 Å². The fourth-order valence-corrected chi connectivity index (χ4v) is 5.67. The monoisotopic (exact) mass is 599 g/mol. The highest BCUT2D eigenvalue weighted by Crippen LogP contribution is 2.41. The molecule has 3 heterocycles. The standard InChI is InChI=1S/C33H41N7O4/c1-20-30(21(2)39(6)36-20)31-25(18-29-32(41)26-16-22(19-35-33(34)42)8-11-28(26)44-29)24-17-23(43-7)9-10-27(24)40(31)15-14-38(5)13-12-37(3)4/h8-11,16-18H,12-15,19H2,1-7H3,(H3,34,35,42). The van der Waals surface area contributed by atoms with Crippen molar-refractivity contribution in [2.45, 2.75) is 26.9 Å². The number of fused-ring (bicyclic) bond motifs is 2. The number of aryl methyl sites for hydroxylation is 2. The number of ketones is 1. The maximum atomic E-state index is 13.7. The lowest BCUT2D eigenvalue weighted by atomic mass is 10.0. The lowest BCUT2D eigenvalue weighted by molar-refractivity contribution is 0.101. The molecular weight excluding hydrogens is 558 g/mol. The normalized spacial score (nSPS) is 13.8. The van der Waals surface area contributed by atoms with Crippen LogP contribution in [0.1, 0.15) is 32.9 Å². The second-order valence-electron chi connectivity index (χ2n) is 11.6. The van der Waals surface area contributed by atoms with Crippen LogP contribution in [0.4, 0.5) is 4.79 Å². The predicted octanol–water partition coefficient (Wildman–Crippen LogP) is 3.95. The van der Waals surface area contributed by atoms with Gasteiger partial charge in [0.05, 0.1) is 24.1 Å². The number of rotatable bonds is 11. The first-order valence-electron chi connectivity index (χ1n) is 14.6. The molecule has 0 fully saturated rings. The Hall–Kier alpha value is -4.61. The number of Topliss-reactive ketones (excluding diaryl/α,β-unsaturated/α-hetero) is 1. The van der Waals surface area contributed by atoms with E-state index in [0.717, 1.165) is 76.6 Å². The fourth-order valence-electron chi connectivity index (χ4n) is 5.67. The summed E-state index contributed by atoms with van der Waals surface area (Å²) in [7, 11) is 9.89. The number of allylic oxidation sites excluding steroid dienone is 1. The molecule has 232 valence electrons. The first-order valence-corrected chi connectivity index (χ1v) is 14.6. The van der Waals surface area contributed by atoms with E-state index in [1.54, 1.807) is 19.2 Å². The molecule has 2 aromatic carbocycles. The number of methoxy groups -OCH3 is 1. The number of hydrogen-bond donors (Lipinski definition) is 2. The van der Waals surface area contributed by atoms with E-state index in [2.05, 4.69) is 53.8 Å². The number of likely N-dealkylation sites (N-methyl/N-ethyl adjacent to an activating group) is 2. The summed E-state index contributed by atoms with van der Waals surface area (Å²) in [6, 6.07) is 10.7. The van der Waals surface area contributed by atoms with Crippen molar-refractivity contribution in [3.63, 3.8) is 0 Å². The summed E-state index contributed by atoms with van der Waals surface area (Å²) in [6.07, 6.45) is 1.85. The van der Waals surface area contributed by atoms with Gasteiger partial charge in [0.15, 0.2) is 5.76 Å². The van der Waals surface area contributed by atoms with E-state index < -0.39 is 6.03 Å². The number of ether oxygens (including phenoxy) is 2. The maximum Gasteiger partial charge on any atom is 0.312 e. The molecule has 1 aliphatic rings. The highest BCUT2D eigenvalue weighted by atomic mass is 16.5. The zero-order valence-electron chi connectivity index (χ0n) is 26.5. The van der Waals surface area contributed by atoms with Crippen LogP contribution in [0.15, 0.2) is 42.2 Å². The summed E-state index contributed by atoms with van der Waals surface area (Å²) < 4.78 is 16.0. The van der Waals surface area contributed by atoms with E-state index in [9.17, 15) is 9.59 Å². The molecule has 2 aromatic heterocycles. The molecule has 0 atom stereocenters. The zero-order valence-corrected chi connectivity index (χ0v) is 26.5. The molecule has 0 saturated carbocycles. The minimum Gasteiger partial charge on any atom is -0.497 e. The number of benzene rings is 2. The second-order valence-corrected chi connectivity index (χ2v) is 11.6. The van der Waals surface area contributed by atoms with Crippen LogP contribution in [-0.2, 0) is 20.1 Å². The summed E-state index contributed by atoms with van der Waals surface area (Å²) in [5.74, 6) is 1.20. The molecule has 44 heavy (non-hydrogen) atoms. The van der Waals surface area contributed by atoms with Gasteiger partial charge < -0.3 is 34.9 Å². The minimum absolute atomic E-state index is 0.217. The number of amides is 2. The van der Waals surface area contributed by atoms with E-state index in [1.807, 2.05) is 42.9 Å². The van der Waals surface area contributed by atoms with E-state index in [-0.39, 0.29) is 18.1 Å². The third kappa shape index (κ3) is 6.06. The zero-order chi connectivity index (χ0) is 31.7. The third-order valence-electron chi connectivity index (χ3n) is 8.16. The first kappa shape index (κ1) is 30.8. The third-order valence-corrected chi connectivity index (χ3v) is 8.16. The van der Waals surface area contributed by atoms with Crippen molar-refractivity contribution in [2.24, 2.45) is 12.8 Å². The average molecular weight is 600 g/mol. The van der Waals surface area contributed by atoms with Crippen molar-refractivity contribution in [3.05, 3.63) is 70.2 Å². The highest BCUT2D eigenvalue weighted by Gasteiger charge is 2.30. The molecule has 3 N–H and O–H groups in total. The molecule has 0 spiro atoms. The summed E-state index contributed by atoms with van der Waals surface area (Å²) in [6.45, 7) is 7.75. The number of carbonyl (C=O) groups is 2. The van der Waals surface area contributed by atoms with Gasteiger partial charge in [-0.3, -0.25) is 9.48 Å². The Morgan fingerprint density at radius 2 is 1.89 bits per heavy atom. The van der Waals surface area contributed by atoms with Gasteiger partial charge in [0.25, 0.3) is 0 Å². The van der Waals surface area contributed by atoms with Crippen LogP contribution in [0.5, 0.6) is 11.5 Å². The average Bonchev–Trinajstić information content (AvgIpc) is 3.56. The van der Waals surface area contributed by atoms with Crippen molar-refractivity contribution in [3.8, 4) is 22.8 Å². The number of hydrogen-bond acceptors (Lipinski definition) is 7. The molecule has 1 aliphatic heterocycles. The van der Waals surface area contributed by atoms with Gasteiger partial charge in [-0.2, -0.15) is 5.10 Å². The number of nitrogens with zero attached hydrogens (tertiary/aromatic N) is 5. The fraction of sp³-hybridized carbons (Fsp3) is 0.364. The second kappa shape index (κ2) is 12.6. The predicted molar refractivity (Wildman–Crippen MR) is 172 cm³/mol. The van der Waals surface area contributed by atoms with Gasteiger partial charge in [-0.15, -0.1) is 0 Å². The lowest BCUT2D eigenvalue weighted by Gasteiger charge is -2.21. The number of carbonyl (C=O) groups excluding carboxylic acids is 2. The quantitative estimate of drug-likeness (QED) is 0.251. The SMILES string of the molecule is COc1ccc2c(c1)c(C=C1Oc3ccc(CNC(N)=O)cc3C1=O)c(-c1c(C)nn(C)c1C)n2CCN(C)CCN(C)C. The lowest BCUT2D eigenvalue weighted by Crippen LogP contribution is -2.31. The molecule has 0 bridgehead atoms. The molecule has 0 radical (unpaired) electrons. The Morgan fingerprint density at radius 3 is 2.55 bits per heavy atom. The number of nitrogens with one attached hydrogen (secondary N) is 1. The van der Waals surface area contributed by atoms with E-state index in [0.29, 0.717) is 11.3 Å². The Kier molecular flexibility index (Phi) is 8.80. The van der Waals surface area contributed by atoms with Gasteiger partial charge in [0, 0.05) is 67.5 Å². The van der Waals surface area contributed by atoms with Crippen molar-refractivity contribution in [1.29, 1.82) is 0 Å². The van der Waals surface area contributed by atoms with Crippen LogP contribution in [0.2, 0.25) is 0 Å². The van der Waals surface area contributed by atoms with Gasteiger partial charge in [-0.05, 0) is 77.0 Å². The summed E-state index contributed by atoms with van der Waals surface area (Å²) >= 11 is 0. The molecular formula is C33H41N7O4. The smallest absolute Gasteiger partial charge is 0.312 e. The van der Waals surface area contributed by atoms with Gasteiger partial charge in [-0.1, -0.05) is 6.07 Å². The van der Waals surface area contributed by atoms with Crippen LogP contribution in [0.25, 0.3) is 28.2 Å². The molecule has 0 unspecified atom stereocenters. The van der Waals surface area contributed by atoms with Crippen LogP contribution in [0, 0.1) is 13.8 Å². The van der Waals surface area contributed by atoms with Crippen LogP contribution in [0.3, 0.4) is 0 Å². The maximum absolute atomic E-state index is 13.7. The molecule has 0 aliphatic carbocycles. The van der Waals surface area contributed by atoms with Gasteiger partial charge in [0.1, 0.15) is 11.5 Å². The molecule has 5 rings (SSSR count). The van der Waals surface area contributed by atoms with E-state index in [4.69, 9.17) is 20.3 Å². The topological polar surface area (TPSA) is 120 Å². The minimum atomic E-state index is -0.627. The first-order chi connectivity index (χ1) is 21.0. The van der Waals surface area contributed by atoms with Crippen LogP contribution in [-0.4, -0.2) is 83.8 Å². The Balaban J connectivity index is 1.66. The van der Waals surface area contributed by atoms with Crippen molar-refractivity contribution < 1.29 is 19.1 Å². The number of aromatic nitrogens is 3. The van der Waals surface area contributed by atoms with Crippen molar-refractivity contribution in [2.75, 3.05) is 47.9 Å². The van der Waals surface area contributed by atoms with Gasteiger partial charge in [0.2, 0.25) is 5.78 Å². The Morgan fingerprint density at radius 1 is 1.11 bits per heavy atom. The van der Waals surface area contributed by atoms with Crippen LogP contribution >= 0.6 is 0 Å². The largest absolute Gasteiger partial charge is 0.497 e. The van der Waals surface area contributed by atoms with Crippen LogP contribution < -0.4 is 20.5 Å². The van der Waals surface area contributed by atoms with Gasteiger partial charge >= 0.3 is 6.03 Å². The number of primary amides is 1. The number of urea groups is 1. The van der Waals surface area contributed by atoms with Gasteiger partial charge in [-0.25, -0.2) is 4.79 Å². The summed E-state index contributed by atoms with van der Waals surface area (Å²) in [4.78, 5) is 29.4. The Bertz CT molecular complexity index is 1770. The highest BCUT2D eigenvalue weighted by molar-refractivity contribution is 6.16. The molecule has 0 saturated heterocycles. The summed E-state index contributed by atoms with van der Waals surface area (Å²) in [5, 5.41) is 8.26. The van der Waals surface area contributed by atoms with Crippen molar-refractivity contribution >= 4 is 28.8 Å². The van der Waals surface area contributed by atoms with E-state index >= 15 is 0 Å². The molecule has 2 amide bonds. The molecule has 4 aromatic rings.